The molecule has 2 aliphatic rings. The molecule has 0 spiro atoms. The first-order valence-corrected chi connectivity index (χ1v) is 10.0. The average Bonchev–Trinajstić information content (AvgIpc) is 3.30. The normalized spacial score (nSPS) is 23.4. The first kappa shape index (κ1) is 18.4. The standard InChI is InChI=1S/C21H31N5O/c1-13-17-15(19(27)25-9-8-21(5,11-22)12-25)10-16(14-6-7-14)23-18(17)26(24-13)20(2,3)4/h10,14H,6-9,11-12,22H2,1-5H3. The first-order valence-electron chi connectivity index (χ1n) is 10.0. The number of carbonyl (C=O) groups excluding carboxylic acids is 1. The number of carbonyl (C=O) groups is 1. The number of aromatic nitrogens is 3. The van der Waals surface area contributed by atoms with Crippen molar-refractivity contribution < 1.29 is 4.79 Å². The molecule has 3 heterocycles. The van der Waals surface area contributed by atoms with Crippen LogP contribution in [0.5, 0.6) is 0 Å². The summed E-state index contributed by atoms with van der Waals surface area (Å²) in [6.45, 7) is 12.6. The SMILES string of the molecule is Cc1nn(C(C)(C)C)c2nc(C3CC3)cc(C(=O)N3CCC(C)(CN)C3)c12. The molecule has 1 atom stereocenters. The van der Waals surface area contributed by atoms with E-state index in [9.17, 15) is 4.79 Å². The van der Waals surface area contributed by atoms with Crippen molar-refractivity contribution in [3.63, 3.8) is 0 Å². The van der Waals surface area contributed by atoms with E-state index < -0.39 is 0 Å². The van der Waals surface area contributed by atoms with Gasteiger partial charge in [-0.2, -0.15) is 5.10 Å². The largest absolute Gasteiger partial charge is 0.338 e. The Hall–Kier alpha value is -1.95. The molecule has 2 aromatic rings. The highest BCUT2D eigenvalue weighted by atomic mass is 16.2. The third-order valence-corrected chi connectivity index (χ3v) is 6.03. The van der Waals surface area contributed by atoms with Crippen LogP contribution in [0.4, 0.5) is 0 Å². The van der Waals surface area contributed by atoms with Crippen LogP contribution in [0.1, 0.15) is 74.6 Å². The molecular weight excluding hydrogens is 338 g/mol. The Labute approximate surface area is 161 Å². The molecule has 0 bridgehead atoms. The molecule has 6 nitrogen and oxygen atoms in total. The lowest BCUT2D eigenvalue weighted by molar-refractivity contribution is 0.0778. The van der Waals surface area contributed by atoms with Gasteiger partial charge in [-0.1, -0.05) is 6.92 Å². The van der Waals surface area contributed by atoms with E-state index >= 15 is 0 Å². The van der Waals surface area contributed by atoms with Gasteiger partial charge in [0.1, 0.15) is 0 Å². The summed E-state index contributed by atoms with van der Waals surface area (Å²) in [7, 11) is 0. The Kier molecular flexibility index (Phi) is 4.11. The number of amides is 1. The van der Waals surface area contributed by atoms with Crippen molar-refractivity contribution >= 4 is 16.9 Å². The van der Waals surface area contributed by atoms with Gasteiger partial charge >= 0.3 is 0 Å². The first-order chi connectivity index (χ1) is 12.6. The number of hydrogen-bond donors (Lipinski definition) is 1. The molecule has 4 rings (SSSR count). The van der Waals surface area contributed by atoms with Crippen molar-refractivity contribution in [2.45, 2.75) is 65.3 Å². The second kappa shape index (κ2) is 6.03. The smallest absolute Gasteiger partial charge is 0.254 e. The molecule has 27 heavy (non-hydrogen) atoms. The molecule has 2 aromatic heterocycles. The summed E-state index contributed by atoms with van der Waals surface area (Å²) >= 11 is 0. The van der Waals surface area contributed by atoms with E-state index in [0.29, 0.717) is 12.5 Å². The molecule has 1 amide bonds. The molecule has 0 aromatic carbocycles. The second-order valence-corrected chi connectivity index (χ2v) is 9.73. The van der Waals surface area contributed by atoms with Crippen LogP contribution in [-0.2, 0) is 5.54 Å². The van der Waals surface area contributed by atoms with Crippen molar-refractivity contribution in [1.29, 1.82) is 0 Å². The van der Waals surface area contributed by atoms with E-state index in [1.54, 1.807) is 0 Å². The molecule has 1 unspecified atom stereocenters. The summed E-state index contributed by atoms with van der Waals surface area (Å²) in [4.78, 5) is 20.4. The van der Waals surface area contributed by atoms with E-state index in [4.69, 9.17) is 15.8 Å². The van der Waals surface area contributed by atoms with Crippen molar-refractivity contribution in [2.24, 2.45) is 11.1 Å². The highest BCUT2D eigenvalue weighted by Crippen LogP contribution is 2.41. The summed E-state index contributed by atoms with van der Waals surface area (Å²) in [5.74, 6) is 0.579. The molecule has 0 radical (unpaired) electrons. The lowest BCUT2D eigenvalue weighted by Gasteiger charge is -2.23. The fraction of sp³-hybridized carbons (Fsp3) is 0.667. The Balaban J connectivity index is 1.84. The number of hydrogen-bond acceptors (Lipinski definition) is 4. The van der Waals surface area contributed by atoms with Gasteiger partial charge in [0.25, 0.3) is 5.91 Å². The molecule has 1 aliphatic heterocycles. The molecule has 146 valence electrons. The van der Waals surface area contributed by atoms with Crippen LogP contribution in [0.15, 0.2) is 6.07 Å². The van der Waals surface area contributed by atoms with E-state index in [-0.39, 0.29) is 16.9 Å². The zero-order valence-electron chi connectivity index (χ0n) is 17.2. The Morgan fingerprint density at radius 2 is 2.07 bits per heavy atom. The quantitative estimate of drug-likeness (QED) is 0.901. The minimum atomic E-state index is -0.187. The third kappa shape index (κ3) is 3.14. The molecule has 1 aliphatic carbocycles. The number of nitrogens with zero attached hydrogens (tertiary/aromatic N) is 4. The molecule has 6 heteroatoms. The highest BCUT2D eigenvalue weighted by molar-refractivity contribution is 6.06. The van der Waals surface area contributed by atoms with Crippen LogP contribution in [-0.4, -0.2) is 45.2 Å². The van der Waals surface area contributed by atoms with Crippen molar-refractivity contribution in [3.05, 3.63) is 23.0 Å². The molecular formula is C21H31N5O. The molecule has 1 saturated carbocycles. The van der Waals surface area contributed by atoms with Gasteiger partial charge in [-0.3, -0.25) is 4.79 Å². The lowest BCUT2D eigenvalue weighted by atomic mass is 9.90. The minimum absolute atomic E-state index is 0.0196. The fourth-order valence-electron chi connectivity index (χ4n) is 4.07. The zero-order chi connectivity index (χ0) is 19.6. The van der Waals surface area contributed by atoms with E-state index in [2.05, 4.69) is 27.7 Å². The van der Waals surface area contributed by atoms with Crippen molar-refractivity contribution in [1.82, 2.24) is 19.7 Å². The van der Waals surface area contributed by atoms with Gasteiger partial charge in [-0.25, -0.2) is 9.67 Å². The Bertz CT molecular complexity index is 905. The van der Waals surface area contributed by atoms with Crippen molar-refractivity contribution in [3.8, 4) is 0 Å². The van der Waals surface area contributed by atoms with Gasteiger partial charge < -0.3 is 10.6 Å². The molecule has 2 N–H and O–H groups in total. The zero-order valence-corrected chi connectivity index (χ0v) is 17.2. The van der Waals surface area contributed by atoms with Gasteiger partial charge in [0.05, 0.1) is 22.2 Å². The second-order valence-electron chi connectivity index (χ2n) is 9.73. The summed E-state index contributed by atoms with van der Waals surface area (Å²) in [5.41, 5.74) is 9.29. The lowest BCUT2D eigenvalue weighted by Crippen LogP contribution is -2.34. The Morgan fingerprint density at radius 3 is 2.63 bits per heavy atom. The number of aryl methyl sites for hydroxylation is 1. The maximum Gasteiger partial charge on any atom is 0.254 e. The van der Waals surface area contributed by atoms with E-state index in [1.165, 1.54) is 0 Å². The van der Waals surface area contributed by atoms with Crippen LogP contribution in [0, 0.1) is 12.3 Å². The number of rotatable bonds is 3. The number of pyridine rings is 1. The average molecular weight is 370 g/mol. The molecule has 1 saturated heterocycles. The van der Waals surface area contributed by atoms with Crippen LogP contribution < -0.4 is 5.73 Å². The summed E-state index contributed by atoms with van der Waals surface area (Å²) in [5, 5.41) is 5.66. The third-order valence-electron chi connectivity index (χ3n) is 6.03. The maximum absolute atomic E-state index is 13.5. The van der Waals surface area contributed by atoms with Crippen molar-refractivity contribution in [2.75, 3.05) is 19.6 Å². The van der Waals surface area contributed by atoms with Crippen LogP contribution in [0.2, 0.25) is 0 Å². The summed E-state index contributed by atoms with van der Waals surface area (Å²) in [6.07, 6.45) is 3.27. The maximum atomic E-state index is 13.5. The minimum Gasteiger partial charge on any atom is -0.338 e. The van der Waals surface area contributed by atoms with Crippen LogP contribution in [0.3, 0.4) is 0 Å². The highest BCUT2D eigenvalue weighted by Gasteiger charge is 2.37. The van der Waals surface area contributed by atoms with Gasteiger partial charge in [0.2, 0.25) is 0 Å². The topological polar surface area (TPSA) is 77.0 Å². The van der Waals surface area contributed by atoms with Gasteiger partial charge in [0, 0.05) is 24.7 Å². The number of fused-ring (bicyclic) bond motifs is 1. The predicted octanol–water partition coefficient (Wildman–Crippen LogP) is 3.18. The predicted molar refractivity (Wildman–Crippen MR) is 107 cm³/mol. The van der Waals surface area contributed by atoms with Gasteiger partial charge in [-0.05, 0) is 65.0 Å². The summed E-state index contributed by atoms with van der Waals surface area (Å²) < 4.78 is 1.98. The van der Waals surface area contributed by atoms with Gasteiger partial charge in [0.15, 0.2) is 5.65 Å². The van der Waals surface area contributed by atoms with E-state index in [1.807, 2.05) is 22.6 Å². The van der Waals surface area contributed by atoms with Crippen LogP contribution in [0.25, 0.3) is 11.0 Å². The number of likely N-dealkylation sites (tertiary alicyclic amines) is 1. The number of nitrogens with two attached hydrogens (primary N) is 1. The van der Waals surface area contributed by atoms with Gasteiger partial charge in [-0.15, -0.1) is 0 Å². The van der Waals surface area contributed by atoms with E-state index in [0.717, 1.165) is 60.3 Å². The Morgan fingerprint density at radius 1 is 1.37 bits per heavy atom. The summed E-state index contributed by atoms with van der Waals surface area (Å²) in [6, 6.07) is 2.03. The van der Waals surface area contributed by atoms with Crippen LogP contribution >= 0.6 is 0 Å². The fourth-order valence-corrected chi connectivity index (χ4v) is 4.07. The monoisotopic (exact) mass is 369 g/mol. The molecule has 2 fully saturated rings.